The second kappa shape index (κ2) is 8.53. The Morgan fingerprint density at radius 3 is 2.57 bits per heavy atom. The minimum absolute atomic E-state index is 0.319. The Morgan fingerprint density at radius 2 is 2.05 bits per heavy atom. The van der Waals surface area contributed by atoms with Gasteiger partial charge in [-0.3, -0.25) is 0 Å². The zero-order chi connectivity index (χ0) is 16.0. The summed E-state index contributed by atoms with van der Waals surface area (Å²) < 4.78 is 27.0. The maximum absolute atomic E-state index is 12.5. The number of sulfonamides is 1. The topological polar surface area (TPSA) is 49.4 Å². The normalized spacial score (nSPS) is 12.3. The van der Waals surface area contributed by atoms with Gasteiger partial charge in [-0.25, -0.2) is 12.7 Å². The molecule has 0 radical (unpaired) electrons. The molecule has 1 aromatic carbocycles. The lowest BCUT2D eigenvalue weighted by molar-refractivity contribution is 0.488. The van der Waals surface area contributed by atoms with Crippen LogP contribution in [-0.4, -0.2) is 44.4 Å². The van der Waals surface area contributed by atoms with Crippen LogP contribution in [0.3, 0.4) is 0 Å². The van der Waals surface area contributed by atoms with Crippen molar-refractivity contribution in [3.05, 3.63) is 28.2 Å². The van der Waals surface area contributed by atoms with Gasteiger partial charge in [0.05, 0.1) is 4.90 Å². The zero-order valence-corrected chi connectivity index (χ0v) is 16.1. The van der Waals surface area contributed by atoms with Crippen LogP contribution < -0.4 is 5.32 Å². The van der Waals surface area contributed by atoms with Crippen LogP contribution in [0.15, 0.2) is 27.6 Å². The molecule has 7 heteroatoms. The van der Waals surface area contributed by atoms with Crippen molar-refractivity contribution in [2.75, 3.05) is 25.6 Å². The summed E-state index contributed by atoms with van der Waals surface area (Å²) in [5.74, 6) is 0.781. The number of nitrogens with zero attached hydrogens (tertiary/aromatic N) is 1. The van der Waals surface area contributed by atoms with E-state index in [1.807, 2.05) is 18.4 Å². The Bertz CT molecular complexity index is 562. The molecule has 0 aromatic heterocycles. The molecule has 0 bridgehead atoms. The fourth-order valence-corrected chi connectivity index (χ4v) is 4.52. The Hall–Kier alpha value is -0.0800. The fourth-order valence-electron chi connectivity index (χ4n) is 1.69. The van der Waals surface area contributed by atoms with Gasteiger partial charge in [-0.05, 0) is 39.9 Å². The molecule has 0 saturated heterocycles. The van der Waals surface area contributed by atoms with Crippen LogP contribution in [0.4, 0.5) is 0 Å². The van der Waals surface area contributed by atoms with Gasteiger partial charge in [-0.2, -0.15) is 11.8 Å². The predicted octanol–water partition coefficient (Wildman–Crippen LogP) is 2.93. The highest BCUT2D eigenvalue weighted by atomic mass is 79.9. The maximum atomic E-state index is 12.5. The average Bonchev–Trinajstić information content (AvgIpc) is 2.42. The quantitative estimate of drug-likeness (QED) is 0.736. The highest BCUT2D eigenvalue weighted by molar-refractivity contribution is 9.10. The van der Waals surface area contributed by atoms with Crippen LogP contribution in [0.1, 0.15) is 19.4 Å². The molecule has 0 spiro atoms. The molecule has 1 rings (SSSR count). The van der Waals surface area contributed by atoms with E-state index in [0.717, 1.165) is 17.9 Å². The molecule has 120 valence electrons. The minimum Gasteiger partial charge on any atom is -0.310 e. The van der Waals surface area contributed by atoms with Gasteiger partial charge in [0.2, 0.25) is 10.0 Å². The molecule has 4 nitrogen and oxygen atoms in total. The third-order valence-corrected chi connectivity index (χ3v) is 6.43. The smallest absolute Gasteiger partial charge is 0.243 e. The van der Waals surface area contributed by atoms with E-state index in [0.29, 0.717) is 22.0 Å². The molecule has 0 unspecified atom stereocenters. The van der Waals surface area contributed by atoms with Crippen LogP contribution in [0.2, 0.25) is 0 Å². The lowest BCUT2D eigenvalue weighted by Crippen LogP contribution is -2.29. The van der Waals surface area contributed by atoms with Crippen molar-refractivity contribution in [2.24, 2.45) is 0 Å². The zero-order valence-electron chi connectivity index (χ0n) is 12.9. The van der Waals surface area contributed by atoms with Crippen LogP contribution in [-0.2, 0) is 16.6 Å². The van der Waals surface area contributed by atoms with Gasteiger partial charge < -0.3 is 5.32 Å². The molecule has 0 heterocycles. The Balaban J connectivity index is 2.93. The summed E-state index contributed by atoms with van der Waals surface area (Å²) in [5.41, 5.74) is 1.06. The molecule has 1 N–H and O–H groups in total. The molecule has 0 aliphatic rings. The highest BCUT2D eigenvalue weighted by Crippen LogP contribution is 2.25. The largest absolute Gasteiger partial charge is 0.310 e. The SMILES string of the molecule is CSCCN(C)S(=O)(=O)c1ccc(CNC(C)C)cc1Br. The lowest BCUT2D eigenvalue weighted by atomic mass is 10.2. The molecule has 0 fully saturated rings. The molecular formula is C14H23BrN2O2S2. The van der Waals surface area contributed by atoms with Crippen LogP contribution in [0, 0.1) is 0 Å². The second-order valence-corrected chi connectivity index (χ2v) is 8.97. The number of benzene rings is 1. The van der Waals surface area contributed by atoms with Crippen molar-refractivity contribution in [3.63, 3.8) is 0 Å². The van der Waals surface area contributed by atoms with E-state index in [-0.39, 0.29) is 0 Å². The summed E-state index contributed by atoms with van der Waals surface area (Å²) in [6, 6.07) is 5.79. The minimum atomic E-state index is -3.44. The first-order valence-electron chi connectivity index (χ1n) is 6.76. The summed E-state index contributed by atoms with van der Waals surface area (Å²) in [4.78, 5) is 0.319. The van der Waals surface area contributed by atoms with Gasteiger partial charge in [0.25, 0.3) is 0 Å². The third-order valence-electron chi connectivity index (χ3n) is 3.01. The summed E-state index contributed by atoms with van der Waals surface area (Å²) in [7, 11) is -1.82. The van der Waals surface area contributed by atoms with Crippen molar-refractivity contribution >= 4 is 37.7 Å². The summed E-state index contributed by atoms with van der Waals surface area (Å²) >= 11 is 5.02. The molecule has 0 amide bonds. The summed E-state index contributed by atoms with van der Waals surface area (Å²) in [5, 5.41) is 3.31. The average molecular weight is 395 g/mol. The predicted molar refractivity (Wildman–Crippen MR) is 94.3 cm³/mol. The van der Waals surface area contributed by atoms with E-state index < -0.39 is 10.0 Å². The van der Waals surface area contributed by atoms with Crippen molar-refractivity contribution in [3.8, 4) is 0 Å². The first-order valence-corrected chi connectivity index (χ1v) is 10.4. The summed E-state index contributed by atoms with van der Waals surface area (Å²) in [6.45, 7) is 5.38. The molecule has 0 aliphatic heterocycles. The van der Waals surface area contributed by atoms with Gasteiger partial charge in [-0.1, -0.05) is 19.9 Å². The van der Waals surface area contributed by atoms with Gasteiger partial charge >= 0.3 is 0 Å². The third kappa shape index (κ3) is 5.56. The van der Waals surface area contributed by atoms with Crippen molar-refractivity contribution in [1.82, 2.24) is 9.62 Å². The summed E-state index contributed by atoms with van der Waals surface area (Å²) in [6.07, 6.45) is 1.97. The fraction of sp³-hybridized carbons (Fsp3) is 0.571. The first kappa shape index (κ1) is 19.0. The Kier molecular flexibility index (Phi) is 7.70. The van der Waals surface area contributed by atoms with E-state index in [9.17, 15) is 8.42 Å². The van der Waals surface area contributed by atoms with Gasteiger partial charge in [-0.15, -0.1) is 0 Å². The first-order chi connectivity index (χ1) is 9.78. The van der Waals surface area contributed by atoms with Gasteiger partial charge in [0, 0.05) is 36.4 Å². The number of hydrogen-bond acceptors (Lipinski definition) is 4. The molecule has 21 heavy (non-hydrogen) atoms. The van der Waals surface area contributed by atoms with E-state index in [2.05, 4.69) is 35.1 Å². The van der Waals surface area contributed by atoms with Crippen LogP contribution in [0.25, 0.3) is 0 Å². The van der Waals surface area contributed by atoms with Crippen molar-refractivity contribution in [2.45, 2.75) is 31.3 Å². The maximum Gasteiger partial charge on any atom is 0.243 e. The highest BCUT2D eigenvalue weighted by Gasteiger charge is 2.23. The molecular weight excluding hydrogens is 372 g/mol. The van der Waals surface area contributed by atoms with Crippen LogP contribution in [0.5, 0.6) is 0 Å². The van der Waals surface area contributed by atoms with Gasteiger partial charge in [0.1, 0.15) is 0 Å². The number of rotatable bonds is 8. The van der Waals surface area contributed by atoms with Crippen molar-refractivity contribution in [1.29, 1.82) is 0 Å². The Morgan fingerprint density at radius 1 is 1.38 bits per heavy atom. The monoisotopic (exact) mass is 394 g/mol. The second-order valence-electron chi connectivity index (χ2n) is 5.12. The number of hydrogen-bond donors (Lipinski definition) is 1. The van der Waals surface area contributed by atoms with E-state index in [1.54, 1.807) is 24.9 Å². The van der Waals surface area contributed by atoms with Crippen molar-refractivity contribution < 1.29 is 8.42 Å². The number of thioether (sulfide) groups is 1. The number of halogens is 1. The molecule has 0 saturated carbocycles. The molecule has 0 atom stereocenters. The van der Waals surface area contributed by atoms with E-state index in [1.165, 1.54) is 4.31 Å². The molecule has 0 aliphatic carbocycles. The number of nitrogens with one attached hydrogen (secondary N) is 1. The molecule has 1 aromatic rings. The van der Waals surface area contributed by atoms with E-state index in [4.69, 9.17) is 0 Å². The van der Waals surface area contributed by atoms with Crippen LogP contribution >= 0.6 is 27.7 Å². The standard InChI is InChI=1S/C14H23BrN2O2S2/c1-11(2)16-10-12-5-6-14(13(15)9-12)21(18,19)17(3)7-8-20-4/h5-6,9,11,16H,7-8,10H2,1-4H3. The van der Waals surface area contributed by atoms with Gasteiger partial charge in [0.15, 0.2) is 0 Å². The lowest BCUT2D eigenvalue weighted by Gasteiger charge is -2.18. The van der Waals surface area contributed by atoms with E-state index >= 15 is 0 Å². The Labute approximate surface area is 140 Å².